The molecule has 17 heavy (non-hydrogen) atoms. The molecule has 3 N–H and O–H groups in total. The Morgan fingerprint density at radius 2 is 2.06 bits per heavy atom. The van der Waals surface area contributed by atoms with E-state index < -0.39 is 20.9 Å². The molecule has 0 radical (unpaired) electrons. The van der Waals surface area contributed by atoms with Crippen LogP contribution in [0.15, 0.2) is 0 Å². The molecular formula is C10H20N2O3S2. The monoisotopic (exact) mass is 280 g/mol. The van der Waals surface area contributed by atoms with Crippen LogP contribution >= 0.6 is 12.2 Å². The van der Waals surface area contributed by atoms with Crippen molar-refractivity contribution in [1.82, 2.24) is 4.31 Å². The van der Waals surface area contributed by atoms with E-state index in [2.05, 4.69) is 0 Å². The molecule has 7 heteroatoms. The van der Waals surface area contributed by atoms with Crippen LogP contribution in [0.25, 0.3) is 0 Å². The van der Waals surface area contributed by atoms with Crippen LogP contribution in [0.4, 0.5) is 0 Å². The smallest absolute Gasteiger partial charge is 0.223 e. The Morgan fingerprint density at radius 1 is 1.47 bits per heavy atom. The average Bonchev–Trinajstić information content (AvgIpc) is 2.38. The van der Waals surface area contributed by atoms with Gasteiger partial charge in [-0.2, -0.15) is 0 Å². The number of hydrogen-bond acceptors (Lipinski definition) is 4. The van der Waals surface area contributed by atoms with Gasteiger partial charge in [0.2, 0.25) is 10.0 Å². The Bertz CT molecular complexity index is 392. The summed E-state index contributed by atoms with van der Waals surface area (Å²) < 4.78 is 25.7. The van der Waals surface area contributed by atoms with Crippen LogP contribution < -0.4 is 5.73 Å². The first-order chi connectivity index (χ1) is 7.67. The summed E-state index contributed by atoms with van der Waals surface area (Å²) in [6.07, 6.45) is 1.70. The van der Waals surface area contributed by atoms with Gasteiger partial charge in [-0.05, 0) is 33.1 Å². The van der Waals surface area contributed by atoms with Crippen LogP contribution in [0.1, 0.15) is 33.1 Å². The van der Waals surface area contributed by atoms with Gasteiger partial charge >= 0.3 is 0 Å². The molecule has 1 aliphatic heterocycles. The second-order valence-corrected chi connectivity index (χ2v) is 7.56. The molecule has 1 saturated heterocycles. The van der Waals surface area contributed by atoms with Crippen LogP contribution in [0, 0.1) is 0 Å². The number of nitrogens with zero attached hydrogens (tertiary/aromatic N) is 1. The number of sulfonamides is 1. The standard InChI is InChI=1S/C10H20N2O3S2/c1-8(9(11)16)17(14,15)12-6-3-4-10(2,13)5-7-12/h8,13H,3-7H2,1-2H3,(H2,11,16). The summed E-state index contributed by atoms with van der Waals surface area (Å²) in [7, 11) is -3.48. The van der Waals surface area contributed by atoms with Gasteiger partial charge in [0.15, 0.2) is 0 Å². The van der Waals surface area contributed by atoms with E-state index in [4.69, 9.17) is 18.0 Å². The van der Waals surface area contributed by atoms with Crippen molar-refractivity contribution in [3.8, 4) is 0 Å². The van der Waals surface area contributed by atoms with Crippen LogP contribution in [0.2, 0.25) is 0 Å². The molecule has 0 amide bonds. The summed E-state index contributed by atoms with van der Waals surface area (Å²) in [5, 5.41) is 9.07. The van der Waals surface area contributed by atoms with E-state index in [9.17, 15) is 13.5 Å². The highest BCUT2D eigenvalue weighted by atomic mass is 32.2. The zero-order chi connectivity index (χ0) is 13.3. The maximum absolute atomic E-state index is 12.2. The highest BCUT2D eigenvalue weighted by molar-refractivity contribution is 7.92. The molecule has 1 fully saturated rings. The van der Waals surface area contributed by atoms with E-state index in [1.54, 1.807) is 6.92 Å². The minimum absolute atomic E-state index is 0.0130. The van der Waals surface area contributed by atoms with Crippen molar-refractivity contribution in [3.05, 3.63) is 0 Å². The first kappa shape index (κ1) is 14.8. The number of aliphatic hydroxyl groups is 1. The minimum atomic E-state index is -3.48. The summed E-state index contributed by atoms with van der Waals surface area (Å²) in [6.45, 7) is 3.98. The Morgan fingerprint density at radius 3 is 2.59 bits per heavy atom. The molecule has 0 spiro atoms. The Hall–Kier alpha value is -0.240. The van der Waals surface area contributed by atoms with Crippen molar-refractivity contribution >= 4 is 27.2 Å². The molecule has 2 unspecified atom stereocenters. The SMILES string of the molecule is CC(C(N)=S)S(=O)(=O)N1CCCC(C)(O)CC1. The number of nitrogens with two attached hydrogens (primary N) is 1. The second kappa shape index (κ2) is 5.17. The Labute approximate surface area is 108 Å². The predicted molar refractivity (Wildman–Crippen MR) is 71.2 cm³/mol. The number of rotatable bonds is 3. The lowest BCUT2D eigenvalue weighted by atomic mass is 9.98. The van der Waals surface area contributed by atoms with Crippen LogP contribution in [0.5, 0.6) is 0 Å². The lowest BCUT2D eigenvalue weighted by molar-refractivity contribution is 0.0465. The summed E-state index contributed by atoms with van der Waals surface area (Å²) >= 11 is 4.74. The van der Waals surface area contributed by atoms with Crippen molar-refractivity contribution in [2.75, 3.05) is 13.1 Å². The van der Waals surface area contributed by atoms with E-state index in [1.807, 2.05) is 0 Å². The quantitative estimate of drug-likeness (QED) is 0.723. The normalized spacial score (nSPS) is 29.6. The van der Waals surface area contributed by atoms with Crippen molar-refractivity contribution in [3.63, 3.8) is 0 Å². The van der Waals surface area contributed by atoms with Crippen molar-refractivity contribution in [1.29, 1.82) is 0 Å². The number of hydrogen-bond donors (Lipinski definition) is 2. The lowest BCUT2D eigenvalue weighted by Crippen LogP contribution is -2.43. The predicted octanol–water partition coefficient (Wildman–Crippen LogP) is 0.228. The number of thiocarbonyl (C=S) groups is 1. The molecule has 2 atom stereocenters. The van der Waals surface area contributed by atoms with E-state index >= 15 is 0 Å². The molecule has 0 aromatic carbocycles. The molecular weight excluding hydrogens is 260 g/mol. The average molecular weight is 280 g/mol. The molecule has 0 saturated carbocycles. The van der Waals surface area contributed by atoms with Gasteiger partial charge in [-0.15, -0.1) is 0 Å². The zero-order valence-electron chi connectivity index (χ0n) is 10.2. The third kappa shape index (κ3) is 3.61. The van der Waals surface area contributed by atoms with Gasteiger partial charge in [0.1, 0.15) is 5.25 Å². The van der Waals surface area contributed by atoms with Crippen LogP contribution in [0.3, 0.4) is 0 Å². The molecule has 0 bridgehead atoms. The second-order valence-electron chi connectivity index (χ2n) is 4.84. The topological polar surface area (TPSA) is 83.6 Å². The van der Waals surface area contributed by atoms with Gasteiger partial charge in [0.25, 0.3) is 0 Å². The van der Waals surface area contributed by atoms with Crippen LogP contribution in [-0.4, -0.2) is 46.8 Å². The largest absolute Gasteiger partial charge is 0.392 e. The van der Waals surface area contributed by atoms with Gasteiger partial charge in [-0.25, -0.2) is 12.7 Å². The van der Waals surface area contributed by atoms with Crippen LogP contribution in [-0.2, 0) is 10.0 Å². The Balaban J connectivity index is 2.83. The molecule has 0 aromatic heterocycles. The molecule has 1 rings (SSSR count). The zero-order valence-corrected chi connectivity index (χ0v) is 11.9. The highest BCUT2D eigenvalue weighted by Gasteiger charge is 2.34. The summed E-state index contributed by atoms with van der Waals surface area (Å²) in [4.78, 5) is -0.0130. The van der Waals surface area contributed by atoms with Gasteiger partial charge in [0.05, 0.1) is 10.6 Å². The highest BCUT2D eigenvalue weighted by Crippen LogP contribution is 2.24. The van der Waals surface area contributed by atoms with E-state index in [0.717, 1.165) is 0 Å². The fourth-order valence-electron chi connectivity index (χ4n) is 1.86. The van der Waals surface area contributed by atoms with Crippen molar-refractivity contribution in [2.45, 2.75) is 44.0 Å². The maximum Gasteiger partial charge on any atom is 0.223 e. The van der Waals surface area contributed by atoms with Crippen molar-refractivity contribution in [2.24, 2.45) is 5.73 Å². The summed E-state index contributed by atoms with van der Waals surface area (Å²) in [6, 6.07) is 0. The fourth-order valence-corrected chi connectivity index (χ4v) is 3.70. The third-order valence-electron chi connectivity index (χ3n) is 3.23. The molecule has 5 nitrogen and oxygen atoms in total. The molecule has 100 valence electrons. The summed E-state index contributed by atoms with van der Waals surface area (Å²) in [5.41, 5.74) is 4.62. The van der Waals surface area contributed by atoms with Gasteiger partial charge in [-0.3, -0.25) is 0 Å². The molecule has 1 heterocycles. The maximum atomic E-state index is 12.2. The molecule has 0 aliphatic carbocycles. The van der Waals surface area contributed by atoms with Gasteiger partial charge in [0, 0.05) is 13.1 Å². The minimum Gasteiger partial charge on any atom is -0.392 e. The first-order valence-corrected chi connectivity index (χ1v) is 7.59. The van der Waals surface area contributed by atoms with Gasteiger partial charge in [-0.1, -0.05) is 12.2 Å². The van der Waals surface area contributed by atoms with E-state index in [0.29, 0.717) is 32.4 Å². The summed E-state index contributed by atoms with van der Waals surface area (Å²) in [5.74, 6) is 0. The van der Waals surface area contributed by atoms with Crippen molar-refractivity contribution < 1.29 is 13.5 Å². The third-order valence-corrected chi connectivity index (χ3v) is 5.97. The molecule has 0 aromatic rings. The first-order valence-electron chi connectivity index (χ1n) is 5.67. The van der Waals surface area contributed by atoms with E-state index in [-0.39, 0.29) is 4.99 Å². The van der Waals surface area contributed by atoms with E-state index in [1.165, 1.54) is 11.2 Å². The Kier molecular flexibility index (Phi) is 4.51. The molecule has 1 aliphatic rings. The fraction of sp³-hybridized carbons (Fsp3) is 0.900. The van der Waals surface area contributed by atoms with Gasteiger partial charge < -0.3 is 10.8 Å². The lowest BCUT2D eigenvalue weighted by Gasteiger charge is -2.24.